The maximum atomic E-state index is 12.7. The van der Waals surface area contributed by atoms with Gasteiger partial charge in [-0.15, -0.1) is 11.8 Å². The van der Waals surface area contributed by atoms with Crippen molar-refractivity contribution in [1.82, 2.24) is 14.7 Å². The summed E-state index contributed by atoms with van der Waals surface area (Å²) in [6.07, 6.45) is 4.44. The fourth-order valence-electron chi connectivity index (χ4n) is 3.89. The van der Waals surface area contributed by atoms with Gasteiger partial charge in [-0.25, -0.2) is 0 Å². The summed E-state index contributed by atoms with van der Waals surface area (Å²) in [5, 5.41) is 7.52. The first-order valence-electron chi connectivity index (χ1n) is 7.81. The molecular weight excluding hydrogens is 300 g/mol. The molecule has 0 saturated carbocycles. The lowest BCUT2D eigenvalue weighted by molar-refractivity contribution is -0.135. The Balaban J connectivity index is 1.57. The number of nitrogens with zero attached hydrogens (tertiary/aromatic N) is 3. The van der Waals surface area contributed by atoms with Gasteiger partial charge in [0.2, 0.25) is 11.8 Å². The number of carbonyl (C=O) groups is 2. The highest BCUT2D eigenvalue weighted by Crippen LogP contribution is 2.47. The average Bonchev–Trinajstić information content (AvgIpc) is 3.17. The lowest BCUT2D eigenvalue weighted by atomic mass is 10.2. The molecule has 4 rings (SSSR count). The lowest BCUT2D eigenvalue weighted by Gasteiger charge is -2.29. The molecule has 3 aliphatic rings. The van der Waals surface area contributed by atoms with Gasteiger partial charge in [0.25, 0.3) is 0 Å². The average molecular weight is 320 g/mol. The molecule has 2 saturated heterocycles. The molecule has 0 aromatic carbocycles. The standard InChI is InChI=1S/C15H20N4O2S/c1-15-7-6-12(20)19(15)11(8-22-15)14(21)16-13-9-4-3-5-10(9)17-18(13)2/h11H,3-8H2,1-2H3,(H,16,21)/t11-,15-/m0/s1. The second-order valence-electron chi connectivity index (χ2n) is 6.51. The van der Waals surface area contributed by atoms with Crippen LogP contribution in [0.1, 0.15) is 37.4 Å². The first-order chi connectivity index (χ1) is 10.5. The maximum absolute atomic E-state index is 12.7. The molecule has 2 aliphatic heterocycles. The first-order valence-corrected chi connectivity index (χ1v) is 8.80. The zero-order chi connectivity index (χ0) is 15.5. The monoisotopic (exact) mass is 320 g/mol. The number of rotatable bonds is 2. The molecule has 6 nitrogen and oxygen atoms in total. The quantitative estimate of drug-likeness (QED) is 0.892. The molecular formula is C15H20N4O2S. The minimum Gasteiger partial charge on any atom is -0.315 e. The van der Waals surface area contributed by atoms with E-state index in [4.69, 9.17) is 0 Å². The Morgan fingerprint density at radius 3 is 3.05 bits per heavy atom. The summed E-state index contributed by atoms with van der Waals surface area (Å²) in [7, 11) is 1.86. The number of hydrogen-bond donors (Lipinski definition) is 1. The normalized spacial score (nSPS) is 29.8. The van der Waals surface area contributed by atoms with Crippen molar-refractivity contribution >= 4 is 29.4 Å². The van der Waals surface area contributed by atoms with Crippen molar-refractivity contribution < 1.29 is 9.59 Å². The van der Waals surface area contributed by atoms with Gasteiger partial charge in [0.1, 0.15) is 11.9 Å². The van der Waals surface area contributed by atoms with E-state index in [0.717, 1.165) is 42.8 Å². The van der Waals surface area contributed by atoms with Gasteiger partial charge in [-0.2, -0.15) is 5.10 Å². The van der Waals surface area contributed by atoms with E-state index in [1.807, 2.05) is 7.05 Å². The van der Waals surface area contributed by atoms with E-state index < -0.39 is 0 Å². The number of hydrogen-bond acceptors (Lipinski definition) is 4. The van der Waals surface area contributed by atoms with Crippen molar-refractivity contribution in [2.45, 2.75) is 49.9 Å². The molecule has 1 aromatic rings. The van der Waals surface area contributed by atoms with Gasteiger partial charge >= 0.3 is 0 Å². The van der Waals surface area contributed by atoms with Gasteiger partial charge in [0, 0.05) is 24.8 Å². The fraction of sp³-hybridized carbons (Fsp3) is 0.667. The fourth-order valence-corrected chi connectivity index (χ4v) is 5.32. The van der Waals surface area contributed by atoms with E-state index in [0.29, 0.717) is 12.2 Å². The summed E-state index contributed by atoms with van der Waals surface area (Å²) in [5.74, 6) is 1.50. The summed E-state index contributed by atoms with van der Waals surface area (Å²) in [6, 6.07) is -0.364. The van der Waals surface area contributed by atoms with Crippen molar-refractivity contribution in [1.29, 1.82) is 0 Å². The third kappa shape index (κ3) is 1.91. The smallest absolute Gasteiger partial charge is 0.249 e. The van der Waals surface area contributed by atoms with E-state index >= 15 is 0 Å². The third-order valence-corrected chi connectivity index (χ3v) is 6.56. The van der Waals surface area contributed by atoms with E-state index in [2.05, 4.69) is 17.3 Å². The highest BCUT2D eigenvalue weighted by molar-refractivity contribution is 8.01. The van der Waals surface area contributed by atoms with Crippen LogP contribution in [0.3, 0.4) is 0 Å². The molecule has 2 atom stereocenters. The van der Waals surface area contributed by atoms with Gasteiger partial charge in [-0.1, -0.05) is 0 Å². The maximum Gasteiger partial charge on any atom is 0.249 e. The zero-order valence-corrected chi connectivity index (χ0v) is 13.7. The van der Waals surface area contributed by atoms with Crippen LogP contribution in [0.15, 0.2) is 0 Å². The molecule has 1 N–H and O–H groups in total. The summed E-state index contributed by atoms with van der Waals surface area (Å²) >= 11 is 1.72. The number of aryl methyl sites for hydroxylation is 2. The van der Waals surface area contributed by atoms with E-state index in [-0.39, 0.29) is 22.7 Å². The van der Waals surface area contributed by atoms with E-state index in [1.54, 1.807) is 21.3 Å². The predicted octanol–water partition coefficient (Wildman–Crippen LogP) is 1.30. The number of aromatic nitrogens is 2. The molecule has 0 bridgehead atoms. The lowest BCUT2D eigenvalue weighted by Crippen LogP contribution is -2.48. The molecule has 22 heavy (non-hydrogen) atoms. The summed E-state index contributed by atoms with van der Waals surface area (Å²) in [4.78, 5) is 26.5. The Bertz CT molecular complexity index is 671. The van der Waals surface area contributed by atoms with E-state index in [9.17, 15) is 9.59 Å². The molecule has 7 heteroatoms. The van der Waals surface area contributed by atoms with Crippen LogP contribution in [-0.2, 0) is 29.5 Å². The molecule has 0 radical (unpaired) electrons. The van der Waals surface area contributed by atoms with Crippen LogP contribution >= 0.6 is 11.8 Å². The van der Waals surface area contributed by atoms with Crippen molar-refractivity contribution in [3.05, 3.63) is 11.3 Å². The SMILES string of the molecule is Cn1nc2c(c1NC(=O)[C@@H]1CS[C@@]3(C)CCC(=O)N13)CCC2. The van der Waals surface area contributed by atoms with Crippen LogP contribution in [0, 0.1) is 0 Å². The van der Waals surface area contributed by atoms with Crippen LogP contribution in [0.25, 0.3) is 0 Å². The Morgan fingerprint density at radius 2 is 2.23 bits per heavy atom. The van der Waals surface area contributed by atoms with Crippen LogP contribution in [-0.4, -0.2) is 43.2 Å². The minimum absolute atomic E-state index is 0.0795. The van der Waals surface area contributed by atoms with Gasteiger partial charge in [0.05, 0.1) is 10.6 Å². The van der Waals surface area contributed by atoms with Gasteiger partial charge < -0.3 is 10.2 Å². The Hall–Kier alpha value is -1.50. The molecule has 0 spiro atoms. The minimum atomic E-state index is -0.364. The third-order valence-electron chi connectivity index (χ3n) is 5.06. The largest absolute Gasteiger partial charge is 0.315 e. The number of anilines is 1. The van der Waals surface area contributed by atoms with Crippen LogP contribution < -0.4 is 5.32 Å². The van der Waals surface area contributed by atoms with Crippen molar-refractivity contribution in [2.24, 2.45) is 7.05 Å². The molecule has 118 valence electrons. The second-order valence-corrected chi connectivity index (χ2v) is 8.01. The van der Waals surface area contributed by atoms with Crippen molar-refractivity contribution in [3.63, 3.8) is 0 Å². The first kappa shape index (κ1) is 14.1. The highest BCUT2D eigenvalue weighted by Gasteiger charge is 2.53. The van der Waals surface area contributed by atoms with Gasteiger partial charge in [0.15, 0.2) is 0 Å². The molecule has 2 amide bonds. The summed E-state index contributed by atoms with van der Waals surface area (Å²) in [6.45, 7) is 2.07. The molecule has 0 unspecified atom stereocenters. The number of nitrogens with one attached hydrogen (secondary N) is 1. The zero-order valence-electron chi connectivity index (χ0n) is 12.9. The number of thioether (sulfide) groups is 1. The number of carbonyl (C=O) groups excluding carboxylic acids is 2. The predicted molar refractivity (Wildman–Crippen MR) is 84.6 cm³/mol. The summed E-state index contributed by atoms with van der Waals surface area (Å²) in [5.41, 5.74) is 2.26. The van der Waals surface area contributed by atoms with Crippen LogP contribution in [0.2, 0.25) is 0 Å². The molecule has 3 heterocycles. The van der Waals surface area contributed by atoms with Crippen molar-refractivity contribution in [2.75, 3.05) is 11.1 Å². The van der Waals surface area contributed by atoms with Crippen molar-refractivity contribution in [3.8, 4) is 0 Å². The molecule has 1 aromatic heterocycles. The molecule has 2 fully saturated rings. The Kier molecular flexibility index (Phi) is 3.04. The highest BCUT2D eigenvalue weighted by atomic mass is 32.2. The number of fused-ring (bicyclic) bond motifs is 2. The summed E-state index contributed by atoms with van der Waals surface area (Å²) < 4.78 is 1.76. The Labute approximate surface area is 133 Å². The Morgan fingerprint density at radius 1 is 1.41 bits per heavy atom. The van der Waals surface area contributed by atoms with Crippen LogP contribution in [0.4, 0.5) is 5.82 Å². The second kappa shape index (κ2) is 4.75. The number of amides is 2. The van der Waals surface area contributed by atoms with Gasteiger partial charge in [-0.05, 0) is 32.6 Å². The van der Waals surface area contributed by atoms with Gasteiger partial charge in [-0.3, -0.25) is 14.3 Å². The topological polar surface area (TPSA) is 67.2 Å². The van der Waals surface area contributed by atoms with Crippen LogP contribution in [0.5, 0.6) is 0 Å². The van der Waals surface area contributed by atoms with E-state index in [1.165, 1.54) is 0 Å². The molecule has 1 aliphatic carbocycles.